The summed E-state index contributed by atoms with van der Waals surface area (Å²) in [6.45, 7) is 0.899. The van der Waals surface area contributed by atoms with Crippen LogP contribution < -0.4 is 4.74 Å². The number of halogens is 1. The molecule has 0 fully saturated rings. The van der Waals surface area contributed by atoms with Gasteiger partial charge in [-0.1, -0.05) is 42.5 Å². The predicted molar refractivity (Wildman–Crippen MR) is 121 cm³/mol. The first-order chi connectivity index (χ1) is 15.1. The SMILES string of the molecule is CN(Cc1ccccc1)C(=O)c1csc(-c2ccc(OCc3ccc(F)cc3)cc2)n1. The molecule has 0 bridgehead atoms. The van der Waals surface area contributed by atoms with Crippen LogP contribution in [0.1, 0.15) is 21.6 Å². The fraction of sp³-hybridized carbons (Fsp3) is 0.120. The molecule has 1 aromatic heterocycles. The molecule has 4 rings (SSSR count). The molecule has 0 saturated carbocycles. The summed E-state index contributed by atoms with van der Waals surface area (Å²) in [5, 5.41) is 2.57. The largest absolute Gasteiger partial charge is 0.489 e. The molecule has 31 heavy (non-hydrogen) atoms. The number of thiazole rings is 1. The maximum atomic E-state index is 13.0. The number of carbonyl (C=O) groups is 1. The highest BCUT2D eigenvalue weighted by Gasteiger charge is 2.16. The van der Waals surface area contributed by atoms with E-state index >= 15 is 0 Å². The van der Waals surface area contributed by atoms with E-state index in [1.807, 2.05) is 54.6 Å². The molecule has 156 valence electrons. The zero-order valence-electron chi connectivity index (χ0n) is 17.0. The number of amides is 1. The second-order valence-electron chi connectivity index (χ2n) is 7.12. The standard InChI is InChI=1S/C25H21FN2O2S/c1-28(15-18-5-3-2-4-6-18)25(29)23-17-31-24(27-23)20-9-13-22(14-10-20)30-16-19-7-11-21(26)12-8-19/h2-14,17H,15-16H2,1H3. The Labute approximate surface area is 184 Å². The fourth-order valence-electron chi connectivity index (χ4n) is 3.07. The van der Waals surface area contributed by atoms with E-state index in [-0.39, 0.29) is 11.7 Å². The third-order valence-electron chi connectivity index (χ3n) is 4.75. The lowest BCUT2D eigenvalue weighted by atomic mass is 10.2. The summed E-state index contributed by atoms with van der Waals surface area (Å²) >= 11 is 1.44. The van der Waals surface area contributed by atoms with Gasteiger partial charge in [-0.15, -0.1) is 11.3 Å². The smallest absolute Gasteiger partial charge is 0.273 e. The third-order valence-corrected chi connectivity index (χ3v) is 5.64. The second kappa shape index (κ2) is 9.53. The van der Waals surface area contributed by atoms with Gasteiger partial charge in [0.05, 0.1) is 0 Å². The second-order valence-corrected chi connectivity index (χ2v) is 7.98. The molecule has 0 aliphatic rings. The van der Waals surface area contributed by atoms with E-state index in [1.54, 1.807) is 29.5 Å². The lowest BCUT2D eigenvalue weighted by Crippen LogP contribution is -2.26. The number of carbonyl (C=O) groups excluding carboxylic acids is 1. The van der Waals surface area contributed by atoms with Gasteiger partial charge >= 0.3 is 0 Å². The molecule has 6 heteroatoms. The van der Waals surface area contributed by atoms with E-state index in [4.69, 9.17) is 4.74 Å². The highest BCUT2D eigenvalue weighted by Crippen LogP contribution is 2.26. The maximum Gasteiger partial charge on any atom is 0.273 e. The Balaban J connectivity index is 1.38. The van der Waals surface area contributed by atoms with Crippen molar-refractivity contribution >= 4 is 17.2 Å². The van der Waals surface area contributed by atoms with E-state index in [9.17, 15) is 9.18 Å². The lowest BCUT2D eigenvalue weighted by Gasteiger charge is -2.15. The number of hydrogen-bond donors (Lipinski definition) is 0. The monoisotopic (exact) mass is 432 g/mol. The van der Waals surface area contributed by atoms with Crippen LogP contribution in [-0.2, 0) is 13.2 Å². The normalized spacial score (nSPS) is 10.6. The van der Waals surface area contributed by atoms with Crippen molar-refractivity contribution in [2.24, 2.45) is 0 Å². The van der Waals surface area contributed by atoms with Crippen molar-refractivity contribution in [2.45, 2.75) is 13.2 Å². The number of nitrogens with zero attached hydrogens (tertiary/aromatic N) is 2. The van der Waals surface area contributed by atoms with Crippen LogP contribution >= 0.6 is 11.3 Å². The minimum Gasteiger partial charge on any atom is -0.489 e. The molecule has 3 aromatic carbocycles. The molecule has 4 nitrogen and oxygen atoms in total. The summed E-state index contributed by atoms with van der Waals surface area (Å²) in [5.74, 6) is 0.342. The number of benzene rings is 3. The van der Waals surface area contributed by atoms with Gasteiger partial charge in [0.1, 0.15) is 28.9 Å². The van der Waals surface area contributed by atoms with Crippen LogP contribution in [0.25, 0.3) is 10.6 Å². The van der Waals surface area contributed by atoms with Crippen LogP contribution in [0.4, 0.5) is 4.39 Å². The third kappa shape index (κ3) is 5.35. The molecule has 0 saturated heterocycles. The molecule has 4 aromatic rings. The Bertz CT molecular complexity index is 1140. The van der Waals surface area contributed by atoms with Crippen molar-refractivity contribution in [3.8, 4) is 16.3 Å². The Morgan fingerprint density at radius 2 is 1.68 bits per heavy atom. The zero-order chi connectivity index (χ0) is 21.6. The first-order valence-electron chi connectivity index (χ1n) is 9.81. The van der Waals surface area contributed by atoms with Gasteiger partial charge in [0.15, 0.2) is 0 Å². The highest BCUT2D eigenvalue weighted by molar-refractivity contribution is 7.13. The molecule has 0 spiro atoms. The predicted octanol–water partition coefficient (Wildman–Crippen LogP) is 5.80. The number of ether oxygens (including phenoxy) is 1. The topological polar surface area (TPSA) is 42.4 Å². The van der Waals surface area contributed by atoms with Crippen LogP contribution in [0.15, 0.2) is 84.2 Å². The Morgan fingerprint density at radius 1 is 0.968 bits per heavy atom. The summed E-state index contributed by atoms with van der Waals surface area (Å²) in [7, 11) is 1.78. The minimum atomic E-state index is -0.263. The van der Waals surface area contributed by atoms with Crippen LogP contribution in [0, 0.1) is 5.82 Å². The molecule has 0 aliphatic carbocycles. The van der Waals surface area contributed by atoms with E-state index in [0.29, 0.717) is 24.6 Å². The average molecular weight is 433 g/mol. The van der Waals surface area contributed by atoms with Crippen LogP contribution in [0.3, 0.4) is 0 Å². The van der Waals surface area contributed by atoms with Crippen molar-refractivity contribution in [3.63, 3.8) is 0 Å². The number of rotatable bonds is 7. The number of hydrogen-bond acceptors (Lipinski definition) is 4. The van der Waals surface area contributed by atoms with Crippen molar-refractivity contribution in [2.75, 3.05) is 7.05 Å². The minimum absolute atomic E-state index is 0.106. The molecular formula is C25H21FN2O2S. The van der Waals surface area contributed by atoms with Crippen molar-refractivity contribution in [1.29, 1.82) is 0 Å². The van der Waals surface area contributed by atoms with Gasteiger partial charge in [0, 0.05) is 24.5 Å². The van der Waals surface area contributed by atoms with Crippen LogP contribution in [-0.4, -0.2) is 22.8 Å². The van der Waals surface area contributed by atoms with Crippen molar-refractivity contribution < 1.29 is 13.9 Å². The van der Waals surface area contributed by atoms with E-state index in [1.165, 1.54) is 23.5 Å². The van der Waals surface area contributed by atoms with E-state index in [0.717, 1.165) is 21.7 Å². The summed E-state index contributed by atoms with van der Waals surface area (Å²) in [6.07, 6.45) is 0. The van der Waals surface area contributed by atoms with Gasteiger partial charge in [-0.25, -0.2) is 9.37 Å². The fourth-order valence-corrected chi connectivity index (χ4v) is 3.87. The van der Waals surface area contributed by atoms with Crippen LogP contribution in [0.2, 0.25) is 0 Å². The lowest BCUT2D eigenvalue weighted by molar-refractivity contribution is 0.0780. The molecule has 0 atom stereocenters. The molecule has 1 amide bonds. The van der Waals surface area contributed by atoms with Gasteiger partial charge in [-0.05, 0) is 47.5 Å². The van der Waals surface area contributed by atoms with Crippen molar-refractivity contribution in [1.82, 2.24) is 9.88 Å². The quantitative estimate of drug-likeness (QED) is 0.371. The van der Waals surface area contributed by atoms with E-state index < -0.39 is 0 Å². The Kier molecular flexibility index (Phi) is 6.38. The molecule has 0 aliphatic heterocycles. The molecule has 1 heterocycles. The molecule has 0 radical (unpaired) electrons. The first-order valence-corrected chi connectivity index (χ1v) is 10.7. The summed E-state index contributed by atoms with van der Waals surface area (Å²) < 4.78 is 18.7. The molecule has 0 unspecified atom stereocenters. The van der Waals surface area contributed by atoms with E-state index in [2.05, 4.69) is 4.98 Å². The van der Waals surface area contributed by atoms with Gasteiger partial charge in [-0.3, -0.25) is 4.79 Å². The molecular weight excluding hydrogens is 411 g/mol. The highest BCUT2D eigenvalue weighted by atomic mass is 32.1. The van der Waals surface area contributed by atoms with Gasteiger partial charge < -0.3 is 9.64 Å². The Morgan fingerprint density at radius 3 is 2.39 bits per heavy atom. The summed E-state index contributed by atoms with van der Waals surface area (Å²) in [4.78, 5) is 18.9. The van der Waals surface area contributed by atoms with Gasteiger partial charge in [-0.2, -0.15) is 0 Å². The maximum absolute atomic E-state index is 13.0. The van der Waals surface area contributed by atoms with Gasteiger partial charge in [0.2, 0.25) is 0 Å². The van der Waals surface area contributed by atoms with Crippen LogP contribution in [0.5, 0.6) is 5.75 Å². The number of aromatic nitrogens is 1. The first kappa shape index (κ1) is 20.8. The summed E-state index contributed by atoms with van der Waals surface area (Å²) in [5.41, 5.74) is 3.33. The summed E-state index contributed by atoms with van der Waals surface area (Å²) in [6, 6.07) is 23.7. The van der Waals surface area contributed by atoms with Crippen molar-refractivity contribution in [3.05, 3.63) is 107 Å². The Hall–Kier alpha value is -3.51. The molecule has 0 N–H and O–H groups in total. The average Bonchev–Trinajstić information content (AvgIpc) is 3.29. The van der Waals surface area contributed by atoms with Gasteiger partial charge in [0.25, 0.3) is 5.91 Å². The zero-order valence-corrected chi connectivity index (χ0v) is 17.8.